The summed E-state index contributed by atoms with van der Waals surface area (Å²) in [6.45, 7) is 5.26. The second-order valence-electron chi connectivity index (χ2n) is 6.69. The van der Waals surface area contributed by atoms with Crippen LogP contribution in [0.3, 0.4) is 0 Å². The molecule has 1 aromatic rings. The molecule has 6 nitrogen and oxygen atoms in total. The quantitative estimate of drug-likeness (QED) is 0.536. The van der Waals surface area contributed by atoms with Crippen LogP contribution in [0.15, 0.2) is 18.2 Å². The summed E-state index contributed by atoms with van der Waals surface area (Å²) in [7, 11) is 1.64. The van der Waals surface area contributed by atoms with E-state index in [-0.39, 0.29) is 17.7 Å². The Balaban J connectivity index is 2.19. The molecule has 1 aromatic carbocycles. The average molecular weight is 382 g/mol. The number of alkyl halides is 1. The van der Waals surface area contributed by atoms with Crippen LogP contribution in [0.25, 0.3) is 0 Å². The van der Waals surface area contributed by atoms with Gasteiger partial charge in [0.1, 0.15) is 5.88 Å². The van der Waals surface area contributed by atoms with Crippen molar-refractivity contribution < 1.29 is 14.3 Å². The van der Waals surface area contributed by atoms with Crippen LogP contribution in [-0.2, 0) is 9.53 Å². The predicted molar refractivity (Wildman–Crippen MR) is 105 cm³/mol. The number of carbonyl (C=O) groups is 2. The van der Waals surface area contributed by atoms with E-state index in [0.717, 1.165) is 38.0 Å². The third kappa shape index (κ3) is 5.88. The molecule has 2 amide bonds. The molecule has 1 aliphatic rings. The van der Waals surface area contributed by atoms with Gasteiger partial charge in [-0.25, -0.2) is 0 Å². The smallest absolute Gasteiger partial charge is 0.253 e. The van der Waals surface area contributed by atoms with Gasteiger partial charge in [-0.2, -0.15) is 0 Å². The predicted octanol–water partition coefficient (Wildman–Crippen LogP) is 2.87. The lowest BCUT2D eigenvalue weighted by Gasteiger charge is -2.33. The lowest BCUT2D eigenvalue weighted by atomic mass is 9.97. The van der Waals surface area contributed by atoms with E-state index < -0.39 is 0 Å². The summed E-state index contributed by atoms with van der Waals surface area (Å²) in [4.78, 5) is 26.5. The van der Waals surface area contributed by atoms with Gasteiger partial charge in [0.05, 0.1) is 5.56 Å². The second kappa shape index (κ2) is 10.4. The van der Waals surface area contributed by atoms with Crippen molar-refractivity contribution in [3.63, 3.8) is 0 Å². The van der Waals surface area contributed by atoms with E-state index in [2.05, 4.69) is 22.5 Å². The molecule has 0 radical (unpaired) electrons. The zero-order chi connectivity index (χ0) is 18.9. The van der Waals surface area contributed by atoms with Gasteiger partial charge in [-0.1, -0.05) is 6.92 Å². The molecule has 2 N–H and O–H groups in total. The first kappa shape index (κ1) is 20.5. The van der Waals surface area contributed by atoms with Crippen LogP contribution in [-0.4, -0.2) is 51.0 Å². The number of rotatable bonds is 8. The first-order valence-electron chi connectivity index (χ1n) is 9.07. The van der Waals surface area contributed by atoms with E-state index in [4.69, 9.17) is 16.3 Å². The molecule has 0 saturated carbocycles. The molecule has 1 aliphatic heterocycles. The van der Waals surface area contributed by atoms with E-state index in [1.54, 1.807) is 13.2 Å². The minimum Gasteiger partial charge on any atom is -0.385 e. The van der Waals surface area contributed by atoms with Crippen molar-refractivity contribution in [1.82, 2.24) is 5.32 Å². The number of hydrogen-bond donors (Lipinski definition) is 2. The number of carbonyl (C=O) groups excluding carboxylic acids is 2. The Kier molecular flexibility index (Phi) is 8.19. The zero-order valence-corrected chi connectivity index (χ0v) is 16.3. The topological polar surface area (TPSA) is 70.7 Å². The minimum atomic E-state index is -0.294. The number of amides is 2. The molecule has 144 valence electrons. The van der Waals surface area contributed by atoms with Crippen LogP contribution in [0, 0.1) is 5.92 Å². The van der Waals surface area contributed by atoms with Crippen molar-refractivity contribution in [3.8, 4) is 0 Å². The fraction of sp³-hybridized carbons (Fsp3) is 0.579. The molecule has 1 fully saturated rings. The van der Waals surface area contributed by atoms with E-state index >= 15 is 0 Å². The van der Waals surface area contributed by atoms with Crippen LogP contribution in [0.2, 0.25) is 0 Å². The fourth-order valence-corrected chi connectivity index (χ4v) is 3.10. The third-order valence-electron chi connectivity index (χ3n) is 4.58. The lowest BCUT2D eigenvalue weighted by Crippen LogP contribution is -2.35. The monoisotopic (exact) mass is 381 g/mol. The highest BCUT2D eigenvalue weighted by molar-refractivity contribution is 6.29. The largest absolute Gasteiger partial charge is 0.385 e. The lowest BCUT2D eigenvalue weighted by molar-refractivity contribution is -0.113. The van der Waals surface area contributed by atoms with Gasteiger partial charge in [0, 0.05) is 44.7 Å². The number of hydrogen-bond acceptors (Lipinski definition) is 4. The van der Waals surface area contributed by atoms with Gasteiger partial charge in [0.15, 0.2) is 0 Å². The van der Waals surface area contributed by atoms with Crippen LogP contribution >= 0.6 is 11.6 Å². The summed E-state index contributed by atoms with van der Waals surface area (Å²) >= 11 is 5.56. The third-order valence-corrected chi connectivity index (χ3v) is 4.82. The summed E-state index contributed by atoms with van der Waals surface area (Å²) < 4.78 is 5.01. The van der Waals surface area contributed by atoms with Gasteiger partial charge < -0.3 is 20.3 Å². The molecule has 0 bridgehead atoms. The van der Waals surface area contributed by atoms with Crippen LogP contribution in [0.1, 0.15) is 36.5 Å². The van der Waals surface area contributed by atoms with Crippen molar-refractivity contribution in [1.29, 1.82) is 0 Å². The number of ether oxygens (including phenoxy) is 1. The highest BCUT2D eigenvalue weighted by atomic mass is 35.5. The Morgan fingerprint density at radius 1 is 1.31 bits per heavy atom. The van der Waals surface area contributed by atoms with E-state index in [9.17, 15) is 9.59 Å². The zero-order valence-electron chi connectivity index (χ0n) is 15.5. The summed E-state index contributed by atoms with van der Waals surface area (Å²) in [5.74, 6) is 0.152. The molecule has 2 rings (SSSR count). The SMILES string of the molecule is COCCCNC(=O)c1cc(NC(=O)CCl)ccc1N1CCC(C)CC1. The van der Waals surface area contributed by atoms with Gasteiger partial charge in [0.25, 0.3) is 5.91 Å². The van der Waals surface area contributed by atoms with E-state index in [0.29, 0.717) is 30.3 Å². The molecular formula is C19H28ClN3O3. The van der Waals surface area contributed by atoms with Gasteiger partial charge >= 0.3 is 0 Å². The summed E-state index contributed by atoms with van der Waals surface area (Å²) in [5.41, 5.74) is 2.06. The Morgan fingerprint density at radius 3 is 2.69 bits per heavy atom. The number of piperidine rings is 1. The van der Waals surface area contributed by atoms with Crippen LogP contribution < -0.4 is 15.5 Å². The number of nitrogens with zero attached hydrogens (tertiary/aromatic N) is 1. The maximum absolute atomic E-state index is 12.7. The van der Waals surface area contributed by atoms with Gasteiger partial charge in [-0.3, -0.25) is 9.59 Å². The van der Waals surface area contributed by atoms with Crippen molar-refractivity contribution in [2.75, 3.05) is 49.4 Å². The molecule has 0 unspecified atom stereocenters. The maximum atomic E-state index is 12.7. The normalized spacial score (nSPS) is 15.0. The molecule has 0 spiro atoms. The summed E-state index contributed by atoms with van der Waals surface area (Å²) in [6.07, 6.45) is 2.97. The number of nitrogens with one attached hydrogen (secondary N) is 2. The van der Waals surface area contributed by atoms with Crippen LogP contribution in [0.4, 0.5) is 11.4 Å². The van der Waals surface area contributed by atoms with Gasteiger partial charge in [-0.15, -0.1) is 11.6 Å². The molecule has 0 atom stereocenters. The first-order chi connectivity index (χ1) is 12.5. The van der Waals surface area contributed by atoms with Gasteiger partial charge in [0.2, 0.25) is 5.91 Å². The Morgan fingerprint density at radius 2 is 2.04 bits per heavy atom. The summed E-state index contributed by atoms with van der Waals surface area (Å²) in [5, 5.41) is 5.64. The van der Waals surface area contributed by atoms with E-state index in [1.807, 2.05) is 12.1 Å². The highest BCUT2D eigenvalue weighted by Crippen LogP contribution is 2.28. The Bertz CT molecular complexity index is 616. The average Bonchev–Trinajstić information content (AvgIpc) is 2.65. The van der Waals surface area contributed by atoms with Crippen molar-refractivity contribution in [3.05, 3.63) is 23.8 Å². The molecule has 0 aliphatic carbocycles. The van der Waals surface area contributed by atoms with Gasteiger partial charge in [-0.05, 0) is 43.4 Å². The van der Waals surface area contributed by atoms with Crippen LogP contribution in [0.5, 0.6) is 0 Å². The number of methoxy groups -OCH3 is 1. The Hall–Kier alpha value is -1.79. The van der Waals surface area contributed by atoms with Crippen molar-refractivity contribution >= 4 is 34.8 Å². The Labute approximate surface area is 160 Å². The molecule has 26 heavy (non-hydrogen) atoms. The molecule has 1 saturated heterocycles. The summed E-state index contributed by atoms with van der Waals surface area (Å²) in [6, 6.07) is 5.45. The molecule has 7 heteroatoms. The molecular weight excluding hydrogens is 354 g/mol. The van der Waals surface area contributed by atoms with E-state index in [1.165, 1.54) is 0 Å². The standard InChI is InChI=1S/C19H28ClN3O3/c1-14-6-9-23(10-7-14)17-5-4-15(22-18(24)13-20)12-16(17)19(25)21-8-3-11-26-2/h4-5,12,14H,3,6-11,13H2,1-2H3,(H,21,25)(H,22,24). The first-order valence-corrected chi connectivity index (χ1v) is 9.60. The number of benzene rings is 1. The molecule has 1 heterocycles. The highest BCUT2D eigenvalue weighted by Gasteiger charge is 2.21. The number of anilines is 2. The maximum Gasteiger partial charge on any atom is 0.253 e. The molecule has 0 aromatic heterocycles. The van der Waals surface area contributed by atoms with Crippen molar-refractivity contribution in [2.45, 2.75) is 26.2 Å². The fourth-order valence-electron chi connectivity index (χ4n) is 3.03. The number of halogens is 1. The minimum absolute atomic E-state index is 0.121. The van der Waals surface area contributed by atoms with Crippen molar-refractivity contribution in [2.24, 2.45) is 5.92 Å². The second-order valence-corrected chi connectivity index (χ2v) is 6.95.